The summed E-state index contributed by atoms with van der Waals surface area (Å²) in [6, 6.07) is 0. The van der Waals surface area contributed by atoms with Crippen molar-refractivity contribution >= 4 is 9.90 Å². The summed E-state index contributed by atoms with van der Waals surface area (Å²) in [5.74, 6) is 0. The maximum absolute atomic E-state index is 0. The molecule has 0 amide bonds. The summed E-state index contributed by atoms with van der Waals surface area (Å²) in [5.41, 5.74) is 0. The molecule has 0 saturated heterocycles. The average molecular weight is 168 g/mol. The van der Waals surface area contributed by atoms with Crippen LogP contribution in [0.1, 0.15) is 7.43 Å². The fourth-order valence-corrected chi connectivity index (χ4v) is 0. The Labute approximate surface area is 50.9 Å². The summed E-state index contributed by atoms with van der Waals surface area (Å²) < 4.78 is 0. The van der Waals surface area contributed by atoms with Gasteiger partial charge in [-0.1, -0.05) is 7.43 Å². The predicted octanol–water partition coefficient (Wildman–Crippen LogP) is 0.689. The molecule has 35 valence electrons. The Bertz CT molecular complexity index is 8.00. The normalized spacial score (nSPS) is 0. The second-order valence-electron chi connectivity index (χ2n) is 0. The van der Waals surface area contributed by atoms with Crippen molar-refractivity contribution in [1.82, 2.24) is 0 Å². The molecule has 0 aliphatic rings. The largest absolute Gasteiger partial charge is 0.153 e. The van der Waals surface area contributed by atoms with Crippen LogP contribution in [0.5, 0.6) is 0 Å². The van der Waals surface area contributed by atoms with Crippen LogP contribution in [-0.2, 0) is 33.3 Å². The van der Waals surface area contributed by atoms with E-state index in [0.717, 1.165) is 0 Å². The third-order valence-electron chi connectivity index (χ3n) is 0. The van der Waals surface area contributed by atoms with Crippen molar-refractivity contribution < 1.29 is 33.3 Å². The standard InChI is InChI=1S/CH4.Co.Ni.H3P/h1H4;;;1H3. The first-order chi connectivity index (χ1) is 0. The van der Waals surface area contributed by atoms with Gasteiger partial charge in [-0.15, -0.1) is 0 Å². The maximum Gasteiger partial charge on any atom is 0 e. The SMILES string of the molecule is C.P.[Co].[Ni]. The fraction of sp³-hybridized carbons (Fsp3) is 1.00. The van der Waals surface area contributed by atoms with E-state index >= 15 is 0 Å². The van der Waals surface area contributed by atoms with Gasteiger partial charge in [0, 0.05) is 33.3 Å². The minimum Gasteiger partial charge on any atom is -0.153 e. The molecule has 0 fully saturated rings. The van der Waals surface area contributed by atoms with Crippen molar-refractivity contribution in [1.29, 1.82) is 0 Å². The van der Waals surface area contributed by atoms with Crippen LogP contribution < -0.4 is 0 Å². The smallest absolute Gasteiger partial charge is 0 e. The number of rotatable bonds is 0. The van der Waals surface area contributed by atoms with E-state index in [1.54, 1.807) is 0 Å². The molecule has 0 N–H and O–H groups in total. The summed E-state index contributed by atoms with van der Waals surface area (Å²) in [5, 5.41) is 0. The maximum atomic E-state index is 0. The third kappa shape index (κ3) is 9.90. The Kier molecular flexibility index (Phi) is 332. The van der Waals surface area contributed by atoms with E-state index in [4.69, 9.17) is 0 Å². The van der Waals surface area contributed by atoms with Crippen molar-refractivity contribution in [3.05, 3.63) is 0 Å². The minimum absolute atomic E-state index is 0. The summed E-state index contributed by atoms with van der Waals surface area (Å²) in [4.78, 5) is 0. The van der Waals surface area contributed by atoms with Gasteiger partial charge < -0.3 is 0 Å². The molecular formula is CH7CoNiP. The van der Waals surface area contributed by atoms with E-state index in [9.17, 15) is 0 Å². The van der Waals surface area contributed by atoms with Gasteiger partial charge in [-0.2, -0.15) is 9.90 Å². The van der Waals surface area contributed by atoms with Crippen LogP contribution >= 0.6 is 9.90 Å². The Hall–Kier alpha value is 1.43. The van der Waals surface area contributed by atoms with E-state index in [0.29, 0.717) is 0 Å². The first-order valence-electron chi connectivity index (χ1n) is 0. The molecule has 3 heteroatoms. The molecule has 0 bridgehead atoms. The van der Waals surface area contributed by atoms with E-state index in [2.05, 4.69) is 0 Å². The predicted molar refractivity (Wildman–Crippen MR) is 17.8 cm³/mol. The van der Waals surface area contributed by atoms with Crippen molar-refractivity contribution in [2.45, 2.75) is 7.43 Å². The second kappa shape index (κ2) is 25.5. The Morgan fingerprint density at radius 3 is 1.00 bits per heavy atom. The monoisotopic (exact) mass is 167 g/mol. The molecule has 0 aromatic heterocycles. The van der Waals surface area contributed by atoms with Crippen LogP contribution in [-0.4, -0.2) is 0 Å². The quantitative estimate of drug-likeness (QED) is 0.368. The van der Waals surface area contributed by atoms with Crippen molar-refractivity contribution in [2.24, 2.45) is 0 Å². The van der Waals surface area contributed by atoms with Gasteiger partial charge in [0.1, 0.15) is 0 Å². The molecule has 0 saturated carbocycles. The molecule has 1 radical (unpaired) electrons. The first-order valence-corrected chi connectivity index (χ1v) is 0. The van der Waals surface area contributed by atoms with Crippen LogP contribution in [0, 0.1) is 0 Å². The van der Waals surface area contributed by atoms with Crippen molar-refractivity contribution in [3.63, 3.8) is 0 Å². The topological polar surface area (TPSA) is 0 Å². The molecule has 1 atom stereocenters. The Morgan fingerprint density at radius 1 is 1.00 bits per heavy atom. The van der Waals surface area contributed by atoms with E-state index < -0.39 is 0 Å². The summed E-state index contributed by atoms with van der Waals surface area (Å²) in [6.07, 6.45) is 0. The summed E-state index contributed by atoms with van der Waals surface area (Å²) >= 11 is 0. The second-order valence-corrected chi connectivity index (χ2v) is 0. The molecule has 0 heterocycles. The van der Waals surface area contributed by atoms with Crippen LogP contribution in [0.15, 0.2) is 0 Å². The van der Waals surface area contributed by atoms with Gasteiger partial charge >= 0.3 is 0 Å². The first kappa shape index (κ1) is 52.1. The van der Waals surface area contributed by atoms with Gasteiger partial charge in [0.25, 0.3) is 0 Å². The van der Waals surface area contributed by atoms with Gasteiger partial charge in [0.15, 0.2) is 0 Å². The zero-order chi connectivity index (χ0) is 0. The minimum atomic E-state index is 0. The molecule has 4 heavy (non-hydrogen) atoms. The van der Waals surface area contributed by atoms with E-state index in [1.165, 1.54) is 0 Å². The Balaban J connectivity index is 0. The Morgan fingerprint density at radius 2 is 1.00 bits per heavy atom. The number of hydrogen-bond acceptors (Lipinski definition) is 0. The molecule has 0 aliphatic heterocycles. The van der Waals surface area contributed by atoms with E-state index in [-0.39, 0.29) is 50.6 Å². The van der Waals surface area contributed by atoms with Crippen LogP contribution in [0.2, 0.25) is 0 Å². The van der Waals surface area contributed by atoms with Crippen molar-refractivity contribution in [3.8, 4) is 0 Å². The molecule has 0 aromatic rings. The van der Waals surface area contributed by atoms with Gasteiger partial charge in [-0.3, -0.25) is 0 Å². The average Bonchev–Trinajstić information content (AvgIpc) is 0. The molecular weight excluding hydrogens is 161 g/mol. The van der Waals surface area contributed by atoms with Crippen LogP contribution in [0.3, 0.4) is 0 Å². The zero-order valence-electron chi connectivity index (χ0n) is 1.36. The van der Waals surface area contributed by atoms with Gasteiger partial charge in [-0.05, 0) is 0 Å². The van der Waals surface area contributed by atoms with Crippen molar-refractivity contribution in [2.75, 3.05) is 0 Å². The zero-order valence-corrected chi connectivity index (χ0v) is 4.80. The molecule has 0 aromatic carbocycles. The fourth-order valence-electron chi connectivity index (χ4n) is 0. The molecule has 1 unspecified atom stereocenters. The molecule has 0 rings (SSSR count). The molecule has 0 nitrogen and oxygen atoms in total. The number of hydrogen-bond donors (Lipinski definition) is 0. The summed E-state index contributed by atoms with van der Waals surface area (Å²) in [6.45, 7) is 0. The summed E-state index contributed by atoms with van der Waals surface area (Å²) in [7, 11) is 0. The third-order valence-corrected chi connectivity index (χ3v) is 0. The van der Waals surface area contributed by atoms with Gasteiger partial charge in [0.2, 0.25) is 0 Å². The van der Waals surface area contributed by atoms with Gasteiger partial charge in [0.05, 0.1) is 0 Å². The van der Waals surface area contributed by atoms with Crippen LogP contribution in [0.25, 0.3) is 0 Å². The van der Waals surface area contributed by atoms with Gasteiger partial charge in [-0.25, -0.2) is 0 Å². The van der Waals surface area contributed by atoms with E-state index in [1.807, 2.05) is 0 Å². The molecule has 0 spiro atoms. The molecule has 0 aliphatic carbocycles. The van der Waals surface area contributed by atoms with Crippen LogP contribution in [0.4, 0.5) is 0 Å².